The molecule has 2 aromatic rings. The molecule has 84 valence electrons. The van der Waals surface area contributed by atoms with Gasteiger partial charge in [0.05, 0.1) is 5.92 Å². The molecule has 0 amide bonds. The lowest BCUT2D eigenvalue weighted by atomic mass is 9.78. The van der Waals surface area contributed by atoms with E-state index >= 15 is 0 Å². The Kier molecular flexibility index (Phi) is 2.48. The summed E-state index contributed by atoms with van der Waals surface area (Å²) in [5.41, 5.74) is 3.45. The van der Waals surface area contributed by atoms with Crippen LogP contribution in [-0.4, -0.2) is 10.8 Å². The number of aryl methyl sites for hydroxylation is 1. The molecule has 1 heterocycles. The van der Waals surface area contributed by atoms with Crippen LogP contribution in [-0.2, 0) is 11.2 Å². The average Bonchev–Trinajstić information content (AvgIpc) is 2.39. The fraction of sp³-hybridized carbons (Fsp3) is 0.200. The first-order valence-corrected chi connectivity index (χ1v) is 5.87. The number of rotatable bonds is 1. The molecule has 0 radical (unpaired) electrons. The second-order valence-corrected chi connectivity index (χ2v) is 4.38. The van der Waals surface area contributed by atoms with E-state index in [0.717, 1.165) is 17.5 Å². The van der Waals surface area contributed by atoms with E-state index in [1.54, 1.807) is 12.4 Å². The van der Waals surface area contributed by atoms with Gasteiger partial charge in [0.2, 0.25) is 0 Å². The maximum absolute atomic E-state index is 12.1. The molecule has 0 spiro atoms. The summed E-state index contributed by atoms with van der Waals surface area (Å²) < 4.78 is 0. The second-order valence-electron chi connectivity index (χ2n) is 4.38. The van der Waals surface area contributed by atoms with Crippen molar-refractivity contribution in [2.24, 2.45) is 0 Å². The molecule has 0 saturated heterocycles. The number of Topliss-reactive ketones (excluding diaryl/α,β-unsaturated/α-hetero) is 1. The Hall–Kier alpha value is -1.96. The molecular weight excluding hydrogens is 210 g/mol. The maximum Gasteiger partial charge on any atom is 0.145 e. The lowest BCUT2D eigenvalue weighted by Gasteiger charge is -2.24. The number of hydrogen-bond acceptors (Lipinski definition) is 2. The molecule has 2 nitrogen and oxygen atoms in total. The van der Waals surface area contributed by atoms with Crippen molar-refractivity contribution in [3.63, 3.8) is 0 Å². The summed E-state index contributed by atoms with van der Waals surface area (Å²) in [6.07, 6.45) is 5.04. The first-order chi connectivity index (χ1) is 8.36. The van der Waals surface area contributed by atoms with E-state index in [0.29, 0.717) is 12.2 Å². The highest BCUT2D eigenvalue weighted by Crippen LogP contribution is 2.33. The van der Waals surface area contributed by atoms with Gasteiger partial charge in [-0.05, 0) is 29.2 Å². The minimum Gasteiger partial charge on any atom is -0.299 e. The van der Waals surface area contributed by atoms with Gasteiger partial charge in [0.25, 0.3) is 0 Å². The van der Waals surface area contributed by atoms with Crippen LogP contribution < -0.4 is 0 Å². The van der Waals surface area contributed by atoms with Crippen molar-refractivity contribution in [2.45, 2.75) is 18.8 Å². The fourth-order valence-electron chi connectivity index (χ4n) is 2.53. The Balaban J connectivity index is 2.13. The number of hydrogen-bond donors (Lipinski definition) is 0. The summed E-state index contributed by atoms with van der Waals surface area (Å²) in [6.45, 7) is 0. The Morgan fingerprint density at radius 1 is 1.06 bits per heavy atom. The molecule has 1 aromatic heterocycles. The van der Waals surface area contributed by atoms with Gasteiger partial charge < -0.3 is 0 Å². The van der Waals surface area contributed by atoms with Crippen LogP contribution in [0, 0.1) is 0 Å². The van der Waals surface area contributed by atoms with E-state index in [1.165, 1.54) is 5.56 Å². The van der Waals surface area contributed by atoms with E-state index in [2.05, 4.69) is 17.1 Å². The minimum atomic E-state index is -0.117. The van der Waals surface area contributed by atoms with Crippen LogP contribution >= 0.6 is 0 Å². The van der Waals surface area contributed by atoms with E-state index in [1.807, 2.05) is 24.3 Å². The molecule has 0 bridgehead atoms. The topological polar surface area (TPSA) is 30.0 Å². The zero-order chi connectivity index (χ0) is 11.7. The first-order valence-electron chi connectivity index (χ1n) is 5.87. The molecule has 3 rings (SSSR count). The smallest absolute Gasteiger partial charge is 0.145 e. The van der Waals surface area contributed by atoms with Crippen LogP contribution in [0.15, 0.2) is 48.8 Å². The number of ketones is 1. The van der Waals surface area contributed by atoms with Gasteiger partial charge in [-0.2, -0.15) is 0 Å². The predicted molar refractivity (Wildman–Crippen MR) is 65.9 cm³/mol. The lowest BCUT2D eigenvalue weighted by molar-refractivity contribution is -0.120. The Labute approximate surface area is 100 Å². The molecule has 1 atom stereocenters. The van der Waals surface area contributed by atoms with E-state index < -0.39 is 0 Å². The van der Waals surface area contributed by atoms with Crippen molar-refractivity contribution in [1.82, 2.24) is 4.98 Å². The standard InChI is InChI=1S/C15H13NO/c17-14-8-7-11-4-1-2-6-13(11)15(14)12-5-3-9-16-10-12/h1-6,9-10,15H,7-8H2. The molecule has 17 heavy (non-hydrogen) atoms. The van der Waals surface area contributed by atoms with Crippen LogP contribution in [0.5, 0.6) is 0 Å². The Morgan fingerprint density at radius 3 is 2.76 bits per heavy atom. The van der Waals surface area contributed by atoms with Gasteiger partial charge in [0.1, 0.15) is 5.78 Å². The van der Waals surface area contributed by atoms with Gasteiger partial charge in [-0.3, -0.25) is 9.78 Å². The number of carbonyl (C=O) groups is 1. The van der Waals surface area contributed by atoms with Crippen LogP contribution in [0.3, 0.4) is 0 Å². The van der Waals surface area contributed by atoms with Crippen molar-refractivity contribution >= 4 is 5.78 Å². The number of pyridine rings is 1. The Bertz CT molecular complexity index is 548. The van der Waals surface area contributed by atoms with Gasteiger partial charge in [-0.15, -0.1) is 0 Å². The molecule has 0 N–H and O–H groups in total. The fourth-order valence-corrected chi connectivity index (χ4v) is 2.53. The van der Waals surface area contributed by atoms with Gasteiger partial charge in [0, 0.05) is 18.8 Å². The van der Waals surface area contributed by atoms with E-state index in [4.69, 9.17) is 0 Å². The van der Waals surface area contributed by atoms with Crippen molar-refractivity contribution in [1.29, 1.82) is 0 Å². The highest BCUT2D eigenvalue weighted by Gasteiger charge is 2.28. The van der Waals surface area contributed by atoms with Gasteiger partial charge >= 0.3 is 0 Å². The van der Waals surface area contributed by atoms with Crippen molar-refractivity contribution < 1.29 is 4.79 Å². The number of carbonyl (C=O) groups excluding carboxylic acids is 1. The van der Waals surface area contributed by atoms with Crippen molar-refractivity contribution in [3.05, 3.63) is 65.5 Å². The van der Waals surface area contributed by atoms with Crippen LogP contribution in [0.2, 0.25) is 0 Å². The van der Waals surface area contributed by atoms with Crippen LogP contribution in [0.25, 0.3) is 0 Å². The Morgan fingerprint density at radius 2 is 1.94 bits per heavy atom. The number of fused-ring (bicyclic) bond motifs is 1. The molecule has 2 heteroatoms. The average molecular weight is 223 g/mol. The largest absolute Gasteiger partial charge is 0.299 e. The van der Waals surface area contributed by atoms with Crippen molar-refractivity contribution in [2.75, 3.05) is 0 Å². The van der Waals surface area contributed by atoms with Crippen LogP contribution in [0.4, 0.5) is 0 Å². The number of nitrogens with zero attached hydrogens (tertiary/aromatic N) is 1. The summed E-state index contributed by atoms with van der Waals surface area (Å²) in [6, 6.07) is 12.1. The quantitative estimate of drug-likeness (QED) is 0.744. The molecule has 1 unspecified atom stereocenters. The SMILES string of the molecule is O=C1CCc2ccccc2C1c1cccnc1. The number of aromatic nitrogens is 1. The normalized spacial score (nSPS) is 18.8. The summed E-state index contributed by atoms with van der Waals surface area (Å²) in [4.78, 5) is 16.2. The summed E-state index contributed by atoms with van der Waals surface area (Å²) >= 11 is 0. The summed E-state index contributed by atoms with van der Waals surface area (Å²) in [5, 5.41) is 0. The zero-order valence-corrected chi connectivity index (χ0v) is 9.47. The van der Waals surface area contributed by atoms with E-state index in [9.17, 15) is 4.79 Å². The third-order valence-corrected chi connectivity index (χ3v) is 3.35. The second kappa shape index (κ2) is 4.13. The van der Waals surface area contributed by atoms with Gasteiger partial charge in [0.15, 0.2) is 0 Å². The molecule has 1 aliphatic carbocycles. The summed E-state index contributed by atoms with van der Waals surface area (Å²) in [7, 11) is 0. The zero-order valence-electron chi connectivity index (χ0n) is 9.47. The number of benzene rings is 1. The predicted octanol–water partition coefficient (Wildman–Crippen LogP) is 2.73. The third kappa shape index (κ3) is 1.76. The van der Waals surface area contributed by atoms with Gasteiger partial charge in [-0.25, -0.2) is 0 Å². The third-order valence-electron chi connectivity index (χ3n) is 3.35. The van der Waals surface area contributed by atoms with Crippen molar-refractivity contribution in [3.8, 4) is 0 Å². The molecule has 1 aromatic carbocycles. The van der Waals surface area contributed by atoms with Gasteiger partial charge in [-0.1, -0.05) is 30.3 Å². The highest BCUT2D eigenvalue weighted by atomic mass is 16.1. The summed E-state index contributed by atoms with van der Waals surface area (Å²) in [5.74, 6) is 0.186. The van der Waals surface area contributed by atoms with E-state index in [-0.39, 0.29) is 5.92 Å². The molecular formula is C15H13NO. The lowest BCUT2D eigenvalue weighted by Crippen LogP contribution is -2.21. The highest BCUT2D eigenvalue weighted by molar-refractivity contribution is 5.91. The minimum absolute atomic E-state index is 0.117. The molecule has 0 aliphatic heterocycles. The first kappa shape index (κ1) is 10.2. The monoisotopic (exact) mass is 223 g/mol. The maximum atomic E-state index is 12.1. The molecule has 0 saturated carbocycles. The molecule has 0 fully saturated rings. The molecule has 1 aliphatic rings. The van der Waals surface area contributed by atoms with Crippen LogP contribution in [0.1, 0.15) is 29.0 Å².